The molecule has 76 heavy (non-hydrogen) atoms. The fourth-order valence-corrected chi connectivity index (χ4v) is 10.8. The number of likely N-dealkylation sites (N-methyl/N-ethyl adjacent to an activating group) is 2. The average molecular weight is 1060 g/mol. The first-order valence-corrected chi connectivity index (χ1v) is 25.5. The van der Waals surface area contributed by atoms with E-state index in [9.17, 15) is 9.59 Å². The maximum atomic E-state index is 12.9. The number of fused-ring (bicyclic) bond motifs is 2. The van der Waals surface area contributed by atoms with Gasteiger partial charge in [0.25, 0.3) is 0 Å². The molecule has 420 valence electrons. The van der Waals surface area contributed by atoms with Gasteiger partial charge >= 0.3 is 11.9 Å². The Balaban J connectivity index is 0.00000624. The van der Waals surface area contributed by atoms with Gasteiger partial charge in [-0.05, 0) is 83.6 Å². The van der Waals surface area contributed by atoms with Gasteiger partial charge in [-0.25, -0.2) is 0 Å². The molecule has 2 N–H and O–H groups in total. The molecule has 18 nitrogen and oxygen atoms in total. The molecule has 2 aliphatic rings. The minimum absolute atomic E-state index is 0. The summed E-state index contributed by atoms with van der Waals surface area (Å²) in [5.41, 5.74) is 6.93. The number of methoxy groups -OCH3 is 10. The van der Waals surface area contributed by atoms with Crippen LogP contribution in [0.1, 0.15) is 84.0 Å². The van der Waals surface area contributed by atoms with E-state index in [-0.39, 0.29) is 47.8 Å². The third-order valence-electron chi connectivity index (χ3n) is 15.0. The number of allylic oxidation sites excluding steroid dienone is 2. The molecule has 4 aromatic rings. The molecule has 18 heteroatoms. The number of benzene rings is 4. The van der Waals surface area contributed by atoms with Gasteiger partial charge in [-0.2, -0.15) is 0 Å². The van der Waals surface area contributed by atoms with Crippen LogP contribution < -0.4 is 47.4 Å². The number of carbonyl (C=O) groups is 2. The highest BCUT2D eigenvalue weighted by Crippen LogP contribution is 2.47. The van der Waals surface area contributed by atoms with Crippen molar-refractivity contribution in [2.24, 2.45) is 0 Å². The number of nitrogens with zero attached hydrogens (tertiary/aromatic N) is 2. The van der Waals surface area contributed by atoms with Crippen molar-refractivity contribution in [1.29, 1.82) is 0 Å². The predicted molar refractivity (Wildman–Crippen MR) is 286 cm³/mol. The van der Waals surface area contributed by atoms with Crippen LogP contribution in [0.2, 0.25) is 0 Å². The lowest BCUT2D eigenvalue weighted by Crippen LogP contribution is -2.52. The predicted octanol–water partition coefficient (Wildman–Crippen LogP) is 8.68. The van der Waals surface area contributed by atoms with Crippen molar-refractivity contribution in [2.45, 2.75) is 76.3 Å². The zero-order valence-corrected chi connectivity index (χ0v) is 46.7. The highest BCUT2D eigenvalue weighted by molar-refractivity contribution is 5.70. The topological polar surface area (TPSA) is 205 Å². The lowest BCUT2D eigenvalue weighted by atomic mass is 9.86. The highest BCUT2D eigenvalue weighted by atomic mass is 16.6. The molecule has 0 amide bonds. The van der Waals surface area contributed by atoms with E-state index in [0.29, 0.717) is 109 Å². The third-order valence-corrected chi connectivity index (χ3v) is 15.0. The summed E-state index contributed by atoms with van der Waals surface area (Å²) < 4.78 is 69.8. The van der Waals surface area contributed by atoms with Crippen molar-refractivity contribution in [3.8, 4) is 57.5 Å². The fraction of sp³-hybridized carbons (Fsp3) is 0.517. The van der Waals surface area contributed by atoms with Crippen molar-refractivity contribution >= 4 is 11.9 Å². The van der Waals surface area contributed by atoms with Gasteiger partial charge in [-0.15, -0.1) is 0 Å². The number of carbonyl (C=O) groups excluding carboxylic acids is 2. The molecule has 6 rings (SSSR count). The van der Waals surface area contributed by atoms with Gasteiger partial charge in [-0.3, -0.25) is 9.59 Å². The first-order valence-electron chi connectivity index (χ1n) is 25.5. The van der Waals surface area contributed by atoms with Crippen LogP contribution in [0.15, 0.2) is 60.7 Å². The second-order valence-electron chi connectivity index (χ2n) is 19.4. The summed E-state index contributed by atoms with van der Waals surface area (Å²) >= 11 is 0. The molecule has 0 aromatic heterocycles. The molecule has 2 aliphatic heterocycles. The second-order valence-corrected chi connectivity index (χ2v) is 19.4. The van der Waals surface area contributed by atoms with Crippen LogP contribution in [0.5, 0.6) is 57.5 Å². The first-order chi connectivity index (χ1) is 35.7. The lowest BCUT2D eigenvalue weighted by Gasteiger charge is -2.46. The highest BCUT2D eigenvalue weighted by Gasteiger charge is 2.42. The van der Waals surface area contributed by atoms with E-state index in [0.717, 1.165) is 59.1 Å². The van der Waals surface area contributed by atoms with E-state index in [4.69, 9.17) is 56.8 Å². The smallest absolute Gasteiger partial charge is 0.306 e. The summed E-state index contributed by atoms with van der Waals surface area (Å²) in [7, 11) is 20.9. The fourth-order valence-electron chi connectivity index (χ4n) is 10.8. The summed E-state index contributed by atoms with van der Waals surface area (Å²) in [4.78, 5) is 25.7. The van der Waals surface area contributed by atoms with Gasteiger partial charge in [0.1, 0.15) is 12.1 Å². The standard InChI is InChI=1S/C58H80N2O14.2H2O/c1-59(25-21-41-35-47(63-3)49(65-5)37-43(41)45(59)29-39-31-51(67-7)57(71-11)52(32-39)68-8)23-17-27-73-55(61)19-15-13-14-16-20-56(62)74-28-18-24-60(2)26-22-42-36-48(64-4)50(66-6)38-44(42)46(60)30-40-33-53(69-9)58(72-12)54(34-40)70-10;;/h13-14,31-38,45-46H,15-30H2,1-12H3;2*1H2/q+2;;/p-2/b14-13+;;/t45-,46+,59?,60?;;. The molecular weight excluding hydrogens is 981 g/mol. The lowest BCUT2D eigenvalue weighted by molar-refractivity contribution is -0.941. The Bertz CT molecular complexity index is 2350. The quantitative estimate of drug-likeness (QED) is 0.0226. The molecule has 2 unspecified atom stereocenters. The molecule has 4 aromatic carbocycles. The Morgan fingerprint density at radius 1 is 0.461 bits per heavy atom. The summed E-state index contributed by atoms with van der Waals surface area (Å²) in [5.74, 6) is 5.81. The van der Waals surface area contributed by atoms with Crippen LogP contribution in [0, 0.1) is 0 Å². The Labute approximate surface area is 449 Å². The van der Waals surface area contributed by atoms with Crippen molar-refractivity contribution in [1.82, 2.24) is 0 Å². The van der Waals surface area contributed by atoms with Crippen LogP contribution >= 0.6 is 0 Å². The largest absolute Gasteiger partial charge is 0.870 e. The van der Waals surface area contributed by atoms with E-state index < -0.39 is 0 Å². The maximum absolute atomic E-state index is 12.9. The monoisotopic (exact) mass is 1060 g/mol. The summed E-state index contributed by atoms with van der Waals surface area (Å²) in [6, 6.07) is 16.5. The number of rotatable bonds is 28. The van der Waals surface area contributed by atoms with Crippen LogP contribution in [-0.4, -0.2) is 156 Å². The normalized spacial score (nSPS) is 18.4. The minimum Gasteiger partial charge on any atom is -0.870 e. The summed E-state index contributed by atoms with van der Waals surface area (Å²) in [6.07, 6.45) is 9.94. The van der Waals surface area contributed by atoms with Crippen LogP contribution in [0.25, 0.3) is 0 Å². The zero-order chi connectivity index (χ0) is 53.4. The van der Waals surface area contributed by atoms with Crippen molar-refractivity contribution in [2.75, 3.05) is 125 Å². The minimum atomic E-state index is -0.246. The summed E-state index contributed by atoms with van der Waals surface area (Å²) in [6.45, 7) is 4.02. The first kappa shape index (κ1) is 61.9. The molecule has 0 saturated heterocycles. The molecule has 0 aliphatic carbocycles. The van der Waals surface area contributed by atoms with E-state index in [1.807, 2.05) is 36.4 Å². The second kappa shape index (κ2) is 29.1. The number of esters is 2. The van der Waals surface area contributed by atoms with Gasteiger partial charge in [0.05, 0.1) is 125 Å². The number of quaternary nitrogens is 2. The molecule has 2 heterocycles. The third kappa shape index (κ3) is 14.7. The van der Waals surface area contributed by atoms with Crippen molar-refractivity contribution in [3.63, 3.8) is 0 Å². The van der Waals surface area contributed by atoms with Crippen LogP contribution in [0.4, 0.5) is 0 Å². The zero-order valence-electron chi connectivity index (χ0n) is 46.7. The maximum Gasteiger partial charge on any atom is 0.306 e. The molecule has 0 spiro atoms. The Hall–Kier alpha value is -6.60. The Kier molecular flexibility index (Phi) is 23.7. The average Bonchev–Trinajstić information content (AvgIpc) is 3.42. The molecule has 0 radical (unpaired) electrons. The van der Waals surface area contributed by atoms with E-state index >= 15 is 0 Å². The van der Waals surface area contributed by atoms with E-state index in [1.54, 1.807) is 71.1 Å². The number of hydrogen-bond acceptors (Lipinski definition) is 16. The van der Waals surface area contributed by atoms with Gasteiger partial charge < -0.3 is 76.8 Å². The van der Waals surface area contributed by atoms with Gasteiger partial charge in [-0.1, -0.05) is 12.2 Å². The van der Waals surface area contributed by atoms with Crippen molar-refractivity contribution in [3.05, 3.63) is 94.1 Å². The van der Waals surface area contributed by atoms with Gasteiger partial charge in [0, 0.05) is 62.5 Å². The van der Waals surface area contributed by atoms with Crippen molar-refractivity contribution < 1.29 is 86.3 Å². The summed E-state index contributed by atoms with van der Waals surface area (Å²) in [5, 5.41) is 0. The van der Waals surface area contributed by atoms with E-state index in [1.165, 1.54) is 22.3 Å². The Morgan fingerprint density at radius 2 is 0.776 bits per heavy atom. The Morgan fingerprint density at radius 3 is 1.08 bits per heavy atom. The number of ether oxygens (including phenoxy) is 12. The van der Waals surface area contributed by atoms with Crippen LogP contribution in [-0.2, 0) is 44.7 Å². The van der Waals surface area contributed by atoms with E-state index in [2.05, 4.69) is 38.4 Å². The molecule has 0 bridgehead atoms. The molecular formula is C58H82N2O16. The number of hydrogen-bond donors (Lipinski definition) is 0. The SMILES string of the molecule is COc1cc2c(cc1OC)[C@@H](Cc1cc(OC)c(OC)c(OC)c1)[N+](C)(CCCOC(=O)CC/C=C/CCC(=O)OCCC[N+]1(C)CCc3cc(OC)c(OC)cc3[C@@H]1Cc1cc(OC)c(OC)c(OC)c1)CC2.[OH-].[OH-]. The van der Waals surface area contributed by atoms with Gasteiger partial charge in [0.15, 0.2) is 46.0 Å². The van der Waals surface area contributed by atoms with Gasteiger partial charge in [0.2, 0.25) is 11.5 Å². The molecule has 0 fully saturated rings. The molecule has 4 atom stereocenters. The van der Waals surface area contributed by atoms with Crippen LogP contribution in [0.3, 0.4) is 0 Å². The molecule has 0 saturated carbocycles.